The zero-order chi connectivity index (χ0) is 17.5. The molecule has 2 aromatic rings. The van der Waals surface area contributed by atoms with Crippen LogP contribution in [0.4, 0.5) is 0 Å². The van der Waals surface area contributed by atoms with E-state index in [0.717, 1.165) is 24.8 Å². The fourth-order valence-electron chi connectivity index (χ4n) is 2.73. The second kappa shape index (κ2) is 9.15. The first-order valence-electron chi connectivity index (χ1n) is 8.45. The third kappa shape index (κ3) is 4.92. The predicted molar refractivity (Wildman–Crippen MR) is 94.3 cm³/mol. The predicted octanol–water partition coefficient (Wildman–Crippen LogP) is 3.85. The van der Waals surface area contributed by atoms with Crippen LogP contribution in [0.5, 0.6) is 5.88 Å². The minimum Gasteiger partial charge on any atom is -0.473 e. The van der Waals surface area contributed by atoms with Gasteiger partial charge in [-0.2, -0.15) is 0 Å². The summed E-state index contributed by atoms with van der Waals surface area (Å²) in [4.78, 5) is 4.22. The molecule has 3 rings (SSSR count). The van der Waals surface area contributed by atoms with Crippen molar-refractivity contribution < 1.29 is 19.3 Å². The van der Waals surface area contributed by atoms with Crippen LogP contribution in [0.2, 0.25) is 5.02 Å². The van der Waals surface area contributed by atoms with Gasteiger partial charge >= 0.3 is 0 Å². The molecular weight excluding hydrogens is 342 g/mol. The summed E-state index contributed by atoms with van der Waals surface area (Å²) in [5.41, 5.74) is 2.27. The van der Waals surface area contributed by atoms with E-state index in [1.54, 1.807) is 0 Å². The van der Waals surface area contributed by atoms with Crippen molar-refractivity contribution >= 4 is 11.6 Å². The SMILES string of the molecule is OCc1c(OCc2ccccc2)ncc(Cl)c1COC1CCCCO1. The zero-order valence-electron chi connectivity index (χ0n) is 14.0. The van der Waals surface area contributed by atoms with Crippen molar-refractivity contribution in [1.29, 1.82) is 0 Å². The molecule has 6 heteroatoms. The van der Waals surface area contributed by atoms with Gasteiger partial charge in [0.25, 0.3) is 0 Å². The largest absolute Gasteiger partial charge is 0.473 e. The first kappa shape index (κ1) is 18.1. The van der Waals surface area contributed by atoms with E-state index in [9.17, 15) is 5.11 Å². The van der Waals surface area contributed by atoms with Gasteiger partial charge in [0, 0.05) is 23.9 Å². The second-order valence-corrected chi connectivity index (χ2v) is 6.32. The van der Waals surface area contributed by atoms with Gasteiger partial charge in [-0.25, -0.2) is 4.98 Å². The molecule has 0 amide bonds. The lowest BCUT2D eigenvalue weighted by Crippen LogP contribution is -2.22. The summed E-state index contributed by atoms with van der Waals surface area (Å²) in [7, 11) is 0. The lowest BCUT2D eigenvalue weighted by molar-refractivity contribution is -0.169. The standard InChI is InChI=1S/C19H22ClNO4/c20-17-10-21-19(25-12-14-6-2-1-3-7-14)15(11-22)16(17)13-24-18-8-4-5-9-23-18/h1-3,6-7,10,18,22H,4-5,8-9,11-13H2. The first-order chi connectivity index (χ1) is 12.3. The third-order valence-corrected chi connectivity index (χ3v) is 4.46. The summed E-state index contributed by atoms with van der Waals surface area (Å²) in [6.07, 6.45) is 4.33. The number of aliphatic hydroxyl groups is 1. The number of hydrogen-bond donors (Lipinski definition) is 1. The molecule has 1 aliphatic heterocycles. The number of halogens is 1. The Balaban J connectivity index is 1.70. The zero-order valence-corrected chi connectivity index (χ0v) is 14.7. The van der Waals surface area contributed by atoms with Gasteiger partial charge in [0.05, 0.1) is 18.2 Å². The van der Waals surface area contributed by atoms with Crippen molar-refractivity contribution in [2.24, 2.45) is 0 Å². The number of ether oxygens (including phenoxy) is 3. The quantitative estimate of drug-likeness (QED) is 0.809. The summed E-state index contributed by atoms with van der Waals surface area (Å²) >= 11 is 6.27. The fraction of sp³-hybridized carbons (Fsp3) is 0.421. The molecule has 0 saturated carbocycles. The molecule has 0 radical (unpaired) electrons. The van der Waals surface area contributed by atoms with E-state index in [1.165, 1.54) is 6.20 Å². The maximum Gasteiger partial charge on any atom is 0.219 e. The minimum absolute atomic E-state index is 0.220. The molecule has 0 bridgehead atoms. The molecule has 1 aromatic carbocycles. The molecule has 5 nitrogen and oxygen atoms in total. The first-order valence-corrected chi connectivity index (χ1v) is 8.82. The molecule has 1 N–H and O–H groups in total. The minimum atomic E-state index is -0.224. The Labute approximate surface area is 152 Å². The Morgan fingerprint density at radius 2 is 2.00 bits per heavy atom. The molecule has 1 saturated heterocycles. The van der Waals surface area contributed by atoms with Crippen LogP contribution in [0.3, 0.4) is 0 Å². The van der Waals surface area contributed by atoms with Crippen molar-refractivity contribution in [3.05, 3.63) is 58.2 Å². The number of aliphatic hydroxyl groups excluding tert-OH is 1. The Morgan fingerprint density at radius 3 is 2.72 bits per heavy atom. The van der Waals surface area contributed by atoms with Gasteiger partial charge < -0.3 is 19.3 Å². The van der Waals surface area contributed by atoms with Gasteiger partial charge in [0.2, 0.25) is 5.88 Å². The van der Waals surface area contributed by atoms with Gasteiger partial charge in [-0.05, 0) is 24.8 Å². The molecule has 134 valence electrons. The van der Waals surface area contributed by atoms with Gasteiger partial charge in [-0.15, -0.1) is 0 Å². The van der Waals surface area contributed by atoms with Crippen LogP contribution in [0.15, 0.2) is 36.5 Å². The average molecular weight is 364 g/mol. The molecule has 1 fully saturated rings. The molecular formula is C19H22ClNO4. The highest BCUT2D eigenvalue weighted by Crippen LogP contribution is 2.29. The molecule has 1 atom stereocenters. The number of pyridine rings is 1. The van der Waals surface area contributed by atoms with Crippen molar-refractivity contribution in [2.75, 3.05) is 6.61 Å². The fourth-order valence-corrected chi connectivity index (χ4v) is 2.95. The molecule has 1 unspecified atom stereocenters. The molecule has 0 aliphatic carbocycles. The number of nitrogens with zero attached hydrogens (tertiary/aromatic N) is 1. The van der Waals surface area contributed by atoms with E-state index >= 15 is 0 Å². The molecule has 1 aliphatic rings. The van der Waals surface area contributed by atoms with E-state index in [2.05, 4.69) is 4.98 Å². The Morgan fingerprint density at radius 1 is 1.16 bits per heavy atom. The van der Waals surface area contributed by atoms with Gasteiger partial charge in [-0.3, -0.25) is 0 Å². The van der Waals surface area contributed by atoms with Crippen molar-refractivity contribution in [1.82, 2.24) is 4.98 Å². The highest BCUT2D eigenvalue weighted by Gasteiger charge is 2.19. The van der Waals surface area contributed by atoms with E-state index < -0.39 is 0 Å². The van der Waals surface area contributed by atoms with E-state index in [4.69, 9.17) is 25.8 Å². The average Bonchev–Trinajstić information content (AvgIpc) is 2.67. The number of rotatable bonds is 7. The van der Waals surface area contributed by atoms with Gasteiger partial charge in [0.15, 0.2) is 6.29 Å². The molecule has 25 heavy (non-hydrogen) atoms. The van der Waals surface area contributed by atoms with Crippen LogP contribution in [-0.4, -0.2) is 23.0 Å². The number of hydrogen-bond acceptors (Lipinski definition) is 5. The van der Waals surface area contributed by atoms with Crippen molar-refractivity contribution in [2.45, 2.75) is 45.4 Å². The highest BCUT2D eigenvalue weighted by atomic mass is 35.5. The lowest BCUT2D eigenvalue weighted by atomic mass is 10.1. The van der Waals surface area contributed by atoms with E-state index in [1.807, 2.05) is 30.3 Å². The summed E-state index contributed by atoms with van der Waals surface area (Å²) in [5.74, 6) is 0.374. The van der Waals surface area contributed by atoms with Crippen molar-refractivity contribution in [3.63, 3.8) is 0 Å². The normalized spacial score (nSPS) is 17.4. The summed E-state index contributed by atoms with van der Waals surface area (Å²) < 4.78 is 17.2. The van der Waals surface area contributed by atoms with Crippen LogP contribution < -0.4 is 4.74 Å². The monoisotopic (exact) mass is 363 g/mol. The molecule has 0 spiro atoms. The second-order valence-electron chi connectivity index (χ2n) is 5.91. The third-order valence-electron chi connectivity index (χ3n) is 4.13. The maximum atomic E-state index is 9.79. The van der Waals surface area contributed by atoms with E-state index in [-0.39, 0.29) is 19.5 Å². The summed E-state index contributed by atoms with van der Waals surface area (Å²) in [5, 5.41) is 10.2. The molecule has 1 aromatic heterocycles. The Hall–Kier alpha value is -1.66. The topological polar surface area (TPSA) is 60.8 Å². The van der Waals surface area contributed by atoms with Crippen LogP contribution in [-0.2, 0) is 29.3 Å². The van der Waals surface area contributed by atoms with E-state index in [0.29, 0.717) is 35.2 Å². The van der Waals surface area contributed by atoms with Crippen LogP contribution in [0.1, 0.15) is 36.0 Å². The van der Waals surface area contributed by atoms with Crippen molar-refractivity contribution in [3.8, 4) is 5.88 Å². The highest BCUT2D eigenvalue weighted by molar-refractivity contribution is 6.31. The van der Waals surface area contributed by atoms with Crippen LogP contribution in [0.25, 0.3) is 0 Å². The Kier molecular flexibility index (Phi) is 6.64. The summed E-state index contributed by atoms with van der Waals surface area (Å²) in [6.45, 7) is 1.12. The van der Waals surface area contributed by atoms with Gasteiger partial charge in [0.1, 0.15) is 6.61 Å². The van der Waals surface area contributed by atoms with Gasteiger partial charge in [-0.1, -0.05) is 41.9 Å². The number of aromatic nitrogens is 1. The van der Waals surface area contributed by atoms with Crippen LogP contribution in [0, 0.1) is 0 Å². The smallest absolute Gasteiger partial charge is 0.219 e. The van der Waals surface area contributed by atoms with Crippen LogP contribution >= 0.6 is 11.6 Å². The summed E-state index contributed by atoms with van der Waals surface area (Å²) in [6, 6.07) is 9.79. The molecule has 2 heterocycles. The lowest BCUT2D eigenvalue weighted by Gasteiger charge is -2.23. The maximum absolute atomic E-state index is 9.79. The Bertz CT molecular complexity index is 675. The number of benzene rings is 1.